The van der Waals surface area contributed by atoms with Gasteiger partial charge in [-0.2, -0.15) is 0 Å². The van der Waals surface area contributed by atoms with Crippen molar-refractivity contribution >= 4 is 23.9 Å². The van der Waals surface area contributed by atoms with Crippen LogP contribution in [0.3, 0.4) is 0 Å². The van der Waals surface area contributed by atoms with Crippen LogP contribution in [0.1, 0.15) is 13.0 Å². The van der Waals surface area contributed by atoms with Gasteiger partial charge < -0.3 is 14.6 Å². The highest BCUT2D eigenvalue weighted by Crippen LogP contribution is 2.22. The first kappa shape index (κ1) is 15.8. The summed E-state index contributed by atoms with van der Waals surface area (Å²) in [6, 6.07) is -0.262. The molecule has 0 aliphatic rings. The maximum atomic E-state index is 11.9. The van der Waals surface area contributed by atoms with Crippen molar-refractivity contribution in [1.82, 2.24) is 18.8 Å². The normalized spacial score (nSPS) is 11.2. The molecule has 1 N–H and O–H groups in total. The van der Waals surface area contributed by atoms with Crippen molar-refractivity contribution < 1.29 is 14.7 Å². The van der Waals surface area contributed by atoms with Gasteiger partial charge >= 0.3 is 0 Å². The van der Waals surface area contributed by atoms with Crippen LogP contribution in [0.2, 0.25) is 0 Å². The molecule has 0 aliphatic heterocycles. The highest BCUT2D eigenvalue weighted by atomic mass is 32.1. The van der Waals surface area contributed by atoms with Gasteiger partial charge in [-0.25, -0.2) is 9.36 Å². The molecule has 0 spiro atoms. The van der Waals surface area contributed by atoms with Gasteiger partial charge in [0, 0.05) is 37.4 Å². The van der Waals surface area contributed by atoms with E-state index in [1.807, 2.05) is 23.1 Å². The van der Waals surface area contributed by atoms with Crippen LogP contribution in [0, 0.1) is 0 Å². The van der Waals surface area contributed by atoms with Crippen molar-refractivity contribution in [1.29, 1.82) is 0 Å². The van der Waals surface area contributed by atoms with Crippen LogP contribution in [-0.2, 0) is 9.59 Å². The minimum Gasteiger partial charge on any atom is -0.483 e. The topological polar surface area (TPSA) is 88.3 Å². The SMILES string of the molecule is CC(C(=O)N(C)C)n1ccnc1-c1cnsc1.O=CO. The summed E-state index contributed by atoms with van der Waals surface area (Å²) in [5, 5.41) is 8.81. The highest BCUT2D eigenvalue weighted by Gasteiger charge is 2.20. The summed E-state index contributed by atoms with van der Waals surface area (Å²) in [4.78, 5) is 26.2. The van der Waals surface area contributed by atoms with E-state index in [0.29, 0.717) is 0 Å². The third kappa shape index (κ3) is 3.64. The smallest absolute Gasteiger partial charge is 0.290 e. The van der Waals surface area contributed by atoms with Gasteiger partial charge in [0.05, 0.1) is 6.20 Å². The van der Waals surface area contributed by atoms with Crippen molar-refractivity contribution in [2.24, 2.45) is 0 Å². The Kier molecular flexibility index (Phi) is 5.85. The minimum absolute atomic E-state index is 0.0486. The van der Waals surface area contributed by atoms with E-state index in [0.717, 1.165) is 11.4 Å². The molecular weight excluding hydrogens is 280 g/mol. The molecule has 20 heavy (non-hydrogen) atoms. The number of likely N-dealkylation sites (N-methyl/N-ethyl adjacent to an activating group) is 1. The number of nitrogens with zero attached hydrogens (tertiary/aromatic N) is 4. The first-order chi connectivity index (χ1) is 9.52. The predicted octanol–water partition coefficient (Wildman–Crippen LogP) is 1.36. The minimum atomic E-state index is -0.262. The molecule has 8 heteroatoms. The molecule has 1 amide bonds. The molecule has 108 valence electrons. The zero-order chi connectivity index (χ0) is 15.1. The van der Waals surface area contributed by atoms with Gasteiger partial charge in [-0.1, -0.05) is 0 Å². The Balaban J connectivity index is 0.000000612. The Morgan fingerprint density at radius 1 is 1.55 bits per heavy atom. The quantitative estimate of drug-likeness (QED) is 0.864. The molecule has 2 aromatic rings. The molecule has 2 aromatic heterocycles. The van der Waals surface area contributed by atoms with Crippen molar-refractivity contribution in [3.8, 4) is 11.4 Å². The molecule has 0 radical (unpaired) electrons. The van der Waals surface area contributed by atoms with E-state index in [9.17, 15) is 4.79 Å². The van der Waals surface area contributed by atoms with Crippen molar-refractivity contribution in [3.05, 3.63) is 24.0 Å². The zero-order valence-corrected chi connectivity index (χ0v) is 12.2. The third-order valence-electron chi connectivity index (χ3n) is 2.57. The van der Waals surface area contributed by atoms with Crippen LogP contribution in [0.25, 0.3) is 11.4 Å². The number of amides is 1. The van der Waals surface area contributed by atoms with Crippen LogP contribution >= 0.6 is 11.5 Å². The molecular formula is C12H16N4O3S. The lowest BCUT2D eigenvalue weighted by Gasteiger charge is -2.19. The van der Waals surface area contributed by atoms with Crippen LogP contribution in [-0.4, -0.2) is 50.4 Å². The largest absolute Gasteiger partial charge is 0.483 e. The van der Waals surface area contributed by atoms with Gasteiger partial charge in [0.15, 0.2) is 0 Å². The predicted molar refractivity (Wildman–Crippen MR) is 75.4 cm³/mol. The third-order valence-corrected chi connectivity index (χ3v) is 3.16. The van der Waals surface area contributed by atoms with Gasteiger partial charge in [-0.15, -0.1) is 0 Å². The van der Waals surface area contributed by atoms with E-state index in [4.69, 9.17) is 9.90 Å². The van der Waals surface area contributed by atoms with Crippen LogP contribution in [0.5, 0.6) is 0 Å². The van der Waals surface area contributed by atoms with E-state index in [2.05, 4.69) is 9.36 Å². The molecule has 0 fully saturated rings. The lowest BCUT2D eigenvalue weighted by atomic mass is 10.2. The second kappa shape index (κ2) is 7.39. The highest BCUT2D eigenvalue weighted by molar-refractivity contribution is 7.03. The first-order valence-electron chi connectivity index (χ1n) is 5.74. The van der Waals surface area contributed by atoms with Gasteiger partial charge in [0.1, 0.15) is 11.9 Å². The number of carbonyl (C=O) groups is 2. The standard InChI is InChI=1S/C11H14N4OS.CH2O2/c1-8(11(16)14(2)3)15-5-4-12-10(15)9-6-13-17-7-9;2-1-3/h4-8H,1-3H3;1H,(H,2,3). The van der Waals surface area contributed by atoms with E-state index in [1.54, 1.807) is 31.4 Å². The number of imidazole rings is 1. The summed E-state index contributed by atoms with van der Waals surface area (Å²) in [5.74, 6) is 0.828. The van der Waals surface area contributed by atoms with Gasteiger partial charge in [0.25, 0.3) is 6.47 Å². The maximum Gasteiger partial charge on any atom is 0.290 e. The molecule has 2 heterocycles. The number of carboxylic acid groups (broad SMARTS) is 1. The summed E-state index contributed by atoms with van der Waals surface area (Å²) >= 11 is 1.37. The fourth-order valence-corrected chi connectivity index (χ4v) is 2.17. The second-order valence-electron chi connectivity index (χ2n) is 4.09. The molecule has 1 atom stereocenters. The average Bonchev–Trinajstić information content (AvgIpc) is 3.07. The molecule has 0 saturated heterocycles. The summed E-state index contributed by atoms with van der Waals surface area (Å²) in [6.07, 6.45) is 5.28. The molecule has 0 aromatic carbocycles. The van der Waals surface area contributed by atoms with Crippen LogP contribution in [0.4, 0.5) is 0 Å². The molecule has 7 nitrogen and oxygen atoms in total. The zero-order valence-electron chi connectivity index (χ0n) is 11.4. The second-order valence-corrected chi connectivity index (χ2v) is 4.74. The van der Waals surface area contributed by atoms with Crippen LogP contribution in [0.15, 0.2) is 24.0 Å². The maximum absolute atomic E-state index is 11.9. The molecule has 0 aliphatic carbocycles. The molecule has 0 saturated carbocycles. The Labute approximate surface area is 120 Å². The summed E-state index contributed by atoms with van der Waals surface area (Å²) in [7, 11) is 3.50. The lowest BCUT2D eigenvalue weighted by Crippen LogP contribution is -2.29. The van der Waals surface area contributed by atoms with Gasteiger partial charge in [-0.05, 0) is 18.5 Å². The fourth-order valence-electron chi connectivity index (χ4n) is 1.66. The van der Waals surface area contributed by atoms with E-state index in [-0.39, 0.29) is 18.4 Å². The first-order valence-corrected chi connectivity index (χ1v) is 6.58. The lowest BCUT2D eigenvalue weighted by molar-refractivity contribution is -0.131. The summed E-state index contributed by atoms with van der Waals surface area (Å²) in [5.41, 5.74) is 0.943. The molecule has 1 unspecified atom stereocenters. The Morgan fingerprint density at radius 3 is 2.70 bits per heavy atom. The number of hydrogen-bond acceptors (Lipinski definition) is 5. The molecule has 2 rings (SSSR count). The van der Waals surface area contributed by atoms with Crippen molar-refractivity contribution in [2.75, 3.05) is 14.1 Å². The Bertz CT molecular complexity index is 551. The Morgan fingerprint density at radius 2 is 2.20 bits per heavy atom. The average molecular weight is 296 g/mol. The van der Waals surface area contributed by atoms with Crippen molar-refractivity contribution in [3.63, 3.8) is 0 Å². The summed E-state index contributed by atoms with van der Waals surface area (Å²) in [6.45, 7) is 1.62. The van der Waals surface area contributed by atoms with Gasteiger partial charge in [0.2, 0.25) is 5.91 Å². The molecule has 0 bridgehead atoms. The van der Waals surface area contributed by atoms with E-state index >= 15 is 0 Å². The monoisotopic (exact) mass is 296 g/mol. The van der Waals surface area contributed by atoms with Crippen molar-refractivity contribution in [2.45, 2.75) is 13.0 Å². The number of rotatable bonds is 3. The number of carbonyl (C=O) groups excluding carboxylic acids is 1. The Hall–Kier alpha value is -2.22. The van der Waals surface area contributed by atoms with Crippen LogP contribution < -0.4 is 0 Å². The van der Waals surface area contributed by atoms with Gasteiger partial charge in [-0.3, -0.25) is 9.59 Å². The number of aromatic nitrogens is 3. The summed E-state index contributed by atoms with van der Waals surface area (Å²) < 4.78 is 5.92. The van der Waals surface area contributed by atoms with E-state index in [1.165, 1.54) is 11.5 Å². The fraction of sp³-hybridized carbons (Fsp3) is 0.333. The number of hydrogen-bond donors (Lipinski definition) is 1. The van der Waals surface area contributed by atoms with E-state index < -0.39 is 0 Å².